The first-order valence-corrected chi connectivity index (χ1v) is 21.4. The van der Waals surface area contributed by atoms with Gasteiger partial charge in [0.25, 0.3) is 0 Å². The van der Waals surface area contributed by atoms with E-state index < -0.39 is 23.5 Å². The SMILES string of the molecule is CC1(Oc2ccccc2)CC2CCC(C1)N2.CC1(Oc2ccccc2)CC2CCC(C1)N2CCOc1ccccc1C(F)(F)F.Cl.FC(F)(F)c1ccccc1OCCBr. The van der Waals surface area contributed by atoms with Gasteiger partial charge in [-0.2, -0.15) is 26.3 Å². The molecular formula is C46H54BrClF6N2O4. The molecule has 0 aliphatic carbocycles. The summed E-state index contributed by atoms with van der Waals surface area (Å²) in [6.07, 6.45) is 0.165. The Morgan fingerprint density at radius 1 is 0.583 bits per heavy atom. The number of hydrogen-bond acceptors (Lipinski definition) is 6. The zero-order valence-electron chi connectivity index (χ0n) is 33.8. The number of benzene rings is 4. The van der Waals surface area contributed by atoms with Crippen LogP contribution >= 0.6 is 28.3 Å². The van der Waals surface area contributed by atoms with Crippen molar-refractivity contribution in [2.75, 3.05) is 25.1 Å². The molecule has 4 aliphatic rings. The molecule has 1 N–H and O–H groups in total. The quantitative estimate of drug-likeness (QED) is 0.119. The van der Waals surface area contributed by atoms with E-state index in [0.717, 1.165) is 62.2 Å². The summed E-state index contributed by atoms with van der Waals surface area (Å²) < 4.78 is 99.5. The zero-order chi connectivity index (χ0) is 42.1. The average Bonchev–Trinajstić information content (AvgIpc) is 3.68. The number of ether oxygens (including phenoxy) is 4. The topological polar surface area (TPSA) is 52.2 Å². The molecule has 6 nitrogen and oxygen atoms in total. The molecule has 4 atom stereocenters. The molecule has 0 spiro atoms. The minimum Gasteiger partial charge on any atom is -0.492 e. The number of rotatable bonds is 11. The van der Waals surface area contributed by atoms with E-state index >= 15 is 0 Å². The summed E-state index contributed by atoms with van der Waals surface area (Å²) in [5, 5.41) is 4.15. The van der Waals surface area contributed by atoms with Gasteiger partial charge in [0.2, 0.25) is 0 Å². The predicted molar refractivity (Wildman–Crippen MR) is 228 cm³/mol. The van der Waals surface area contributed by atoms with Gasteiger partial charge in [0.05, 0.1) is 17.7 Å². The number of hydrogen-bond donors (Lipinski definition) is 1. The maximum Gasteiger partial charge on any atom is 0.419 e. The van der Waals surface area contributed by atoms with E-state index in [4.69, 9.17) is 18.9 Å². The number of alkyl halides is 7. The Kier molecular flexibility index (Phi) is 16.5. The molecule has 4 aromatic carbocycles. The van der Waals surface area contributed by atoms with Crippen molar-refractivity contribution < 1.29 is 45.3 Å². The lowest BCUT2D eigenvalue weighted by molar-refractivity contribution is -0.139. The molecule has 328 valence electrons. The Bertz CT molecular complexity index is 1880. The van der Waals surface area contributed by atoms with Crippen LogP contribution in [0.3, 0.4) is 0 Å². The summed E-state index contributed by atoms with van der Waals surface area (Å²) >= 11 is 3.08. The van der Waals surface area contributed by atoms with E-state index in [1.54, 1.807) is 6.07 Å². The summed E-state index contributed by atoms with van der Waals surface area (Å²) in [6.45, 7) is 5.51. The number of nitrogens with one attached hydrogen (secondary N) is 1. The van der Waals surface area contributed by atoms with Crippen molar-refractivity contribution in [2.45, 2.75) is 113 Å². The molecule has 0 radical (unpaired) electrons. The van der Waals surface area contributed by atoms with E-state index in [2.05, 4.69) is 52.1 Å². The van der Waals surface area contributed by atoms with E-state index in [0.29, 0.717) is 36.0 Å². The molecule has 8 rings (SSSR count). The van der Waals surface area contributed by atoms with Gasteiger partial charge in [-0.3, -0.25) is 4.90 Å². The molecule has 4 saturated heterocycles. The number of fused-ring (bicyclic) bond motifs is 4. The molecule has 4 unspecified atom stereocenters. The second kappa shape index (κ2) is 20.9. The van der Waals surface area contributed by atoms with Gasteiger partial charge >= 0.3 is 12.4 Å². The maximum absolute atomic E-state index is 13.1. The van der Waals surface area contributed by atoms with Gasteiger partial charge in [-0.25, -0.2) is 0 Å². The third-order valence-electron chi connectivity index (χ3n) is 11.3. The normalized spacial score (nSPS) is 25.7. The van der Waals surface area contributed by atoms with Crippen LogP contribution in [-0.4, -0.2) is 65.4 Å². The first-order valence-electron chi connectivity index (χ1n) is 20.3. The standard InChI is InChI=1S/C23H26F3NO2.C14H19NO.C9H8BrF3O.ClH/c1-22(29-19-7-3-2-4-8-19)15-17-11-12-18(16-22)27(17)13-14-28-21-10-6-5-9-20(21)23(24,25)26;1-14(16-13-5-3-2-4-6-13)9-11-7-8-12(10-14)15-11;10-5-6-14-8-4-2-1-3-7(8)9(11,12)13;/h2-10,17-18H,11-16H2,1H3;2-6,11-12,15H,7-10H2,1H3;1-4H,5-6H2;1H. The number of piperidine rings is 2. The van der Waals surface area contributed by atoms with E-state index in [-0.39, 0.29) is 48.3 Å². The Morgan fingerprint density at radius 3 is 1.42 bits per heavy atom. The number of para-hydroxylation sites is 4. The van der Waals surface area contributed by atoms with Gasteiger partial charge in [0.15, 0.2) is 0 Å². The highest BCUT2D eigenvalue weighted by molar-refractivity contribution is 9.09. The van der Waals surface area contributed by atoms with Crippen molar-refractivity contribution in [3.63, 3.8) is 0 Å². The molecule has 4 fully saturated rings. The number of nitrogens with zero attached hydrogens (tertiary/aromatic N) is 1. The Hall–Kier alpha value is -3.65. The molecule has 4 heterocycles. The molecule has 4 aromatic rings. The summed E-state index contributed by atoms with van der Waals surface area (Å²) in [5.74, 6) is 1.67. The van der Waals surface area contributed by atoms with Crippen molar-refractivity contribution in [2.24, 2.45) is 0 Å². The zero-order valence-corrected chi connectivity index (χ0v) is 36.2. The highest BCUT2D eigenvalue weighted by Gasteiger charge is 2.47. The van der Waals surface area contributed by atoms with Crippen molar-refractivity contribution in [1.82, 2.24) is 10.2 Å². The minimum absolute atomic E-state index is 0. The number of halogens is 8. The van der Waals surface area contributed by atoms with Crippen molar-refractivity contribution in [3.8, 4) is 23.0 Å². The van der Waals surface area contributed by atoms with Gasteiger partial charge in [0, 0.05) is 61.7 Å². The molecule has 0 amide bonds. The van der Waals surface area contributed by atoms with Crippen LogP contribution in [0.15, 0.2) is 109 Å². The molecular weight excluding hydrogens is 874 g/mol. The smallest absolute Gasteiger partial charge is 0.419 e. The second-order valence-corrected chi connectivity index (χ2v) is 17.0. The van der Waals surface area contributed by atoms with E-state index in [9.17, 15) is 26.3 Å². The van der Waals surface area contributed by atoms with Gasteiger partial charge < -0.3 is 24.3 Å². The van der Waals surface area contributed by atoms with Crippen LogP contribution in [0, 0.1) is 0 Å². The highest BCUT2D eigenvalue weighted by Crippen LogP contribution is 2.43. The van der Waals surface area contributed by atoms with Crippen LogP contribution < -0.4 is 24.3 Å². The average molecular weight is 928 g/mol. The van der Waals surface area contributed by atoms with Crippen molar-refractivity contribution >= 4 is 28.3 Å². The van der Waals surface area contributed by atoms with Crippen LogP contribution in [0.1, 0.15) is 76.3 Å². The molecule has 0 aromatic heterocycles. The summed E-state index contributed by atoms with van der Waals surface area (Å²) in [5.41, 5.74) is -1.64. The fraction of sp³-hybridized carbons (Fsp3) is 0.478. The lowest BCUT2D eigenvalue weighted by Crippen LogP contribution is -2.53. The lowest BCUT2D eigenvalue weighted by Gasteiger charge is -2.44. The largest absolute Gasteiger partial charge is 0.492 e. The third-order valence-corrected chi connectivity index (χ3v) is 11.7. The second-order valence-electron chi connectivity index (χ2n) is 16.2. The fourth-order valence-corrected chi connectivity index (χ4v) is 9.19. The van der Waals surface area contributed by atoms with Crippen LogP contribution in [0.5, 0.6) is 23.0 Å². The van der Waals surface area contributed by atoms with E-state index in [1.165, 1.54) is 43.2 Å². The van der Waals surface area contributed by atoms with Crippen LogP contribution in [-0.2, 0) is 12.4 Å². The van der Waals surface area contributed by atoms with Gasteiger partial charge in [0.1, 0.15) is 40.8 Å². The highest BCUT2D eigenvalue weighted by atomic mass is 79.9. The Balaban J connectivity index is 0.000000186. The summed E-state index contributed by atoms with van der Waals surface area (Å²) in [6, 6.07) is 32.7. The van der Waals surface area contributed by atoms with Crippen LogP contribution in [0.25, 0.3) is 0 Å². The fourth-order valence-electron chi connectivity index (χ4n) is 9.02. The summed E-state index contributed by atoms with van der Waals surface area (Å²) in [4.78, 5) is 2.40. The third kappa shape index (κ3) is 13.2. The van der Waals surface area contributed by atoms with E-state index in [1.807, 2.05) is 48.5 Å². The van der Waals surface area contributed by atoms with Gasteiger partial charge in [-0.1, -0.05) is 76.6 Å². The molecule has 4 bridgehead atoms. The monoisotopic (exact) mass is 926 g/mol. The van der Waals surface area contributed by atoms with Gasteiger partial charge in [-0.15, -0.1) is 12.4 Å². The first kappa shape index (κ1) is 47.4. The Morgan fingerprint density at radius 2 is 0.983 bits per heavy atom. The van der Waals surface area contributed by atoms with Crippen molar-refractivity contribution in [1.29, 1.82) is 0 Å². The first-order chi connectivity index (χ1) is 28.1. The minimum atomic E-state index is -4.41. The van der Waals surface area contributed by atoms with Gasteiger partial charge in [-0.05, 0) is 88.1 Å². The van der Waals surface area contributed by atoms with Crippen LogP contribution in [0.2, 0.25) is 0 Å². The molecule has 0 saturated carbocycles. The maximum atomic E-state index is 13.1. The Labute approximate surface area is 363 Å². The molecule has 4 aliphatic heterocycles. The van der Waals surface area contributed by atoms with Crippen LogP contribution in [0.4, 0.5) is 26.3 Å². The molecule has 14 heteroatoms. The predicted octanol–water partition coefficient (Wildman–Crippen LogP) is 12.2. The lowest BCUT2D eigenvalue weighted by atomic mass is 9.87. The van der Waals surface area contributed by atoms with Crippen molar-refractivity contribution in [3.05, 3.63) is 120 Å². The summed E-state index contributed by atoms with van der Waals surface area (Å²) in [7, 11) is 0. The molecule has 60 heavy (non-hydrogen) atoms.